The second-order valence-electron chi connectivity index (χ2n) is 10.4. The van der Waals surface area contributed by atoms with Gasteiger partial charge in [-0.2, -0.15) is 4.98 Å². The van der Waals surface area contributed by atoms with E-state index in [1.165, 1.54) is 32.6 Å². The SMILES string of the molecule is c1ccc(-n2c3ccccc3c3cc(-c4cccn5nc(-n6c7ccccc7c7ccccc76)nc45)ccc32)cc1. The molecule has 0 saturated heterocycles. The lowest BCUT2D eigenvalue weighted by Crippen LogP contribution is -1.96. The van der Waals surface area contributed by atoms with Crippen molar-refractivity contribution in [2.75, 3.05) is 0 Å². The molecule has 9 rings (SSSR count). The Balaban J connectivity index is 1.27. The average molecular weight is 526 g/mol. The number of rotatable bonds is 3. The lowest BCUT2D eigenvalue weighted by molar-refractivity contribution is 0.916. The highest BCUT2D eigenvalue weighted by Crippen LogP contribution is 2.36. The van der Waals surface area contributed by atoms with Crippen LogP contribution in [0.5, 0.6) is 0 Å². The fourth-order valence-electron chi connectivity index (χ4n) is 6.35. The molecule has 0 spiro atoms. The first kappa shape index (κ1) is 22.2. The first-order valence-corrected chi connectivity index (χ1v) is 13.8. The topological polar surface area (TPSA) is 40.0 Å². The van der Waals surface area contributed by atoms with Gasteiger partial charge in [0.25, 0.3) is 5.95 Å². The molecule has 0 amide bonds. The molecule has 4 aromatic heterocycles. The maximum absolute atomic E-state index is 5.14. The zero-order valence-corrected chi connectivity index (χ0v) is 22.0. The minimum Gasteiger partial charge on any atom is -0.309 e. The van der Waals surface area contributed by atoms with Crippen molar-refractivity contribution in [1.82, 2.24) is 23.7 Å². The minimum atomic E-state index is 0.664. The third-order valence-corrected chi connectivity index (χ3v) is 8.13. The molecule has 0 bridgehead atoms. The lowest BCUT2D eigenvalue weighted by Gasteiger charge is -2.08. The van der Waals surface area contributed by atoms with Crippen LogP contribution in [0.1, 0.15) is 0 Å². The molecule has 9 aromatic rings. The van der Waals surface area contributed by atoms with Crippen LogP contribution in [0, 0.1) is 0 Å². The van der Waals surface area contributed by atoms with Gasteiger partial charge in [0.15, 0.2) is 5.65 Å². The summed E-state index contributed by atoms with van der Waals surface area (Å²) in [5.41, 5.74) is 8.71. The molecular weight excluding hydrogens is 502 g/mol. The molecule has 0 saturated carbocycles. The van der Waals surface area contributed by atoms with Gasteiger partial charge in [0.2, 0.25) is 0 Å². The van der Waals surface area contributed by atoms with Crippen molar-refractivity contribution in [2.45, 2.75) is 0 Å². The molecular formula is C36H23N5. The number of benzene rings is 5. The van der Waals surface area contributed by atoms with Gasteiger partial charge in [-0.15, -0.1) is 5.10 Å². The fraction of sp³-hybridized carbons (Fsp3) is 0. The van der Waals surface area contributed by atoms with E-state index in [4.69, 9.17) is 10.1 Å². The number of hydrogen-bond donors (Lipinski definition) is 0. The van der Waals surface area contributed by atoms with Crippen LogP contribution in [0.15, 0.2) is 140 Å². The fourth-order valence-corrected chi connectivity index (χ4v) is 6.35. The molecule has 4 heterocycles. The Morgan fingerprint density at radius 1 is 0.463 bits per heavy atom. The minimum absolute atomic E-state index is 0.664. The van der Waals surface area contributed by atoms with E-state index < -0.39 is 0 Å². The van der Waals surface area contributed by atoms with Gasteiger partial charge >= 0.3 is 0 Å². The van der Waals surface area contributed by atoms with E-state index in [-0.39, 0.29) is 0 Å². The Hall–Kier alpha value is -5.68. The van der Waals surface area contributed by atoms with Crippen LogP contribution < -0.4 is 0 Å². The number of fused-ring (bicyclic) bond motifs is 7. The standard InChI is InChI=1S/C36H23N5/c1-2-11-25(12-3-1)40-31-17-7-6-15-29(31)30-23-24(20-21-34(30)40)26-16-10-22-39-35(26)37-36(38-39)41-32-18-8-4-13-27(32)28-14-5-9-19-33(28)41/h1-23H. The number of aromatic nitrogens is 5. The summed E-state index contributed by atoms with van der Waals surface area (Å²) in [6, 6.07) is 47.0. The quantitative estimate of drug-likeness (QED) is 0.232. The average Bonchev–Trinajstić information content (AvgIpc) is 3.71. The Bertz CT molecular complexity index is 2370. The normalized spacial score (nSPS) is 11.9. The highest BCUT2D eigenvalue weighted by Gasteiger charge is 2.18. The lowest BCUT2D eigenvalue weighted by atomic mass is 10.0. The summed E-state index contributed by atoms with van der Waals surface area (Å²) >= 11 is 0. The van der Waals surface area contributed by atoms with E-state index in [2.05, 4.69) is 137 Å². The smallest absolute Gasteiger partial charge is 0.254 e. The molecule has 41 heavy (non-hydrogen) atoms. The molecule has 0 atom stereocenters. The number of hydrogen-bond acceptors (Lipinski definition) is 2. The van der Waals surface area contributed by atoms with Gasteiger partial charge in [-0.3, -0.25) is 4.57 Å². The highest BCUT2D eigenvalue weighted by molar-refractivity contribution is 6.11. The van der Waals surface area contributed by atoms with Gasteiger partial charge in [0.1, 0.15) is 0 Å². The summed E-state index contributed by atoms with van der Waals surface area (Å²) in [6.45, 7) is 0. The predicted molar refractivity (Wildman–Crippen MR) is 167 cm³/mol. The van der Waals surface area contributed by atoms with Crippen LogP contribution in [-0.4, -0.2) is 23.7 Å². The van der Waals surface area contributed by atoms with Gasteiger partial charge in [0, 0.05) is 39.0 Å². The molecule has 0 aliphatic carbocycles. The third-order valence-electron chi connectivity index (χ3n) is 8.13. The predicted octanol–water partition coefficient (Wildman–Crippen LogP) is 8.59. The van der Waals surface area contributed by atoms with Gasteiger partial charge < -0.3 is 4.57 Å². The molecule has 0 unspecified atom stereocenters. The second kappa shape index (κ2) is 8.41. The molecule has 0 N–H and O–H groups in total. The van der Waals surface area contributed by atoms with Crippen molar-refractivity contribution >= 4 is 49.3 Å². The summed E-state index contributed by atoms with van der Waals surface area (Å²) in [7, 11) is 0. The van der Waals surface area contributed by atoms with Gasteiger partial charge in [0.05, 0.1) is 22.1 Å². The third kappa shape index (κ3) is 3.17. The largest absolute Gasteiger partial charge is 0.309 e. The molecule has 0 aliphatic rings. The Labute approximate surface area is 235 Å². The monoisotopic (exact) mass is 525 g/mol. The van der Waals surface area contributed by atoms with Crippen molar-refractivity contribution in [2.24, 2.45) is 0 Å². The molecule has 0 aliphatic heterocycles. The summed E-state index contributed by atoms with van der Waals surface area (Å²) in [6.07, 6.45) is 1.98. The summed E-state index contributed by atoms with van der Waals surface area (Å²) in [5.74, 6) is 0.664. The number of pyridine rings is 1. The van der Waals surface area contributed by atoms with Crippen LogP contribution in [0.4, 0.5) is 0 Å². The maximum atomic E-state index is 5.14. The number of nitrogens with zero attached hydrogens (tertiary/aromatic N) is 5. The molecule has 5 heteroatoms. The van der Waals surface area contributed by atoms with Crippen molar-refractivity contribution in [3.63, 3.8) is 0 Å². The summed E-state index contributed by atoms with van der Waals surface area (Å²) < 4.78 is 6.40. The Morgan fingerprint density at radius 2 is 1.05 bits per heavy atom. The van der Waals surface area contributed by atoms with Crippen LogP contribution in [-0.2, 0) is 0 Å². The van der Waals surface area contributed by atoms with Crippen LogP contribution in [0.2, 0.25) is 0 Å². The van der Waals surface area contributed by atoms with Crippen LogP contribution in [0.3, 0.4) is 0 Å². The van der Waals surface area contributed by atoms with Crippen molar-refractivity contribution in [1.29, 1.82) is 0 Å². The molecule has 0 fully saturated rings. The van der Waals surface area contributed by atoms with Gasteiger partial charge in [-0.05, 0) is 60.2 Å². The second-order valence-corrected chi connectivity index (χ2v) is 10.4. The highest BCUT2D eigenvalue weighted by atomic mass is 15.4. The summed E-state index contributed by atoms with van der Waals surface area (Å²) in [4.78, 5) is 5.14. The Morgan fingerprint density at radius 3 is 1.76 bits per heavy atom. The first-order valence-electron chi connectivity index (χ1n) is 13.8. The van der Waals surface area contributed by atoms with E-state index in [9.17, 15) is 0 Å². The molecule has 0 radical (unpaired) electrons. The molecule has 5 nitrogen and oxygen atoms in total. The van der Waals surface area contributed by atoms with Crippen LogP contribution >= 0.6 is 0 Å². The van der Waals surface area contributed by atoms with Gasteiger partial charge in [-0.25, -0.2) is 4.52 Å². The van der Waals surface area contributed by atoms with Crippen LogP contribution in [0.25, 0.3) is 72.0 Å². The molecule has 192 valence electrons. The van der Waals surface area contributed by atoms with E-state index in [1.807, 2.05) is 16.8 Å². The van der Waals surface area contributed by atoms with E-state index in [0.717, 1.165) is 33.5 Å². The summed E-state index contributed by atoms with van der Waals surface area (Å²) in [5, 5.41) is 9.80. The molecule has 5 aromatic carbocycles. The van der Waals surface area contributed by atoms with Crippen molar-refractivity contribution < 1.29 is 0 Å². The van der Waals surface area contributed by atoms with Crippen molar-refractivity contribution in [3.8, 4) is 22.8 Å². The van der Waals surface area contributed by atoms with E-state index in [1.54, 1.807) is 0 Å². The maximum Gasteiger partial charge on any atom is 0.254 e. The van der Waals surface area contributed by atoms with Gasteiger partial charge in [-0.1, -0.05) is 78.9 Å². The zero-order valence-electron chi connectivity index (χ0n) is 22.0. The van der Waals surface area contributed by atoms with Crippen molar-refractivity contribution in [3.05, 3.63) is 140 Å². The first-order chi connectivity index (χ1) is 20.3. The van der Waals surface area contributed by atoms with E-state index in [0.29, 0.717) is 5.95 Å². The Kier molecular flexibility index (Phi) is 4.55. The zero-order chi connectivity index (χ0) is 26.9. The van der Waals surface area contributed by atoms with E-state index >= 15 is 0 Å². The number of para-hydroxylation sites is 4.